The zero-order chi connectivity index (χ0) is 95.0. The highest BCUT2D eigenvalue weighted by Gasteiger charge is 2.21. The van der Waals surface area contributed by atoms with Gasteiger partial charge in [-0.15, -0.1) is 60.0 Å². The van der Waals surface area contributed by atoms with Gasteiger partial charge in [-0.2, -0.15) is 10.2 Å². The molecule has 6 atom stereocenters. The lowest BCUT2D eigenvalue weighted by atomic mass is 10.00. The Morgan fingerprint density at radius 3 is 0.795 bits per heavy atom. The second-order valence-electron chi connectivity index (χ2n) is 22.0. The van der Waals surface area contributed by atoms with Crippen molar-refractivity contribution in [1.29, 1.82) is 0 Å². The minimum Gasteiger partial charge on any atom is -0.507 e. The smallest absolute Gasteiger partial charge is 0.189 e. The predicted molar refractivity (Wildman–Crippen MR) is 561 cm³/mol. The first kappa shape index (κ1) is 107. The number of aryl methyl sites for hydroxylation is 6. The molecule has 0 spiro atoms. The van der Waals surface area contributed by atoms with Gasteiger partial charge in [0.25, 0.3) is 0 Å². The van der Waals surface area contributed by atoms with Crippen LogP contribution < -0.4 is 4.74 Å². The molecule has 0 saturated heterocycles. The molecule has 4 heterocycles. The summed E-state index contributed by atoms with van der Waals surface area (Å²) in [5, 5.41) is 20.7. The fourth-order valence-electron chi connectivity index (χ4n) is 8.35. The highest BCUT2D eigenvalue weighted by Crippen LogP contribution is 3.10. The molecule has 132 heavy (non-hydrogen) atoms. The van der Waals surface area contributed by atoms with Crippen LogP contribution in [0, 0.1) is 466 Å². The molecule has 0 radical (unpaired) electrons. The molecule has 21 heteroatoms. The van der Waals surface area contributed by atoms with E-state index in [4.69, 9.17) is 15.9 Å². The van der Waals surface area contributed by atoms with Gasteiger partial charge < -0.3 is 14.6 Å². The van der Waals surface area contributed by atoms with E-state index in [1.54, 1.807) is 35.0 Å². The van der Waals surface area contributed by atoms with Crippen LogP contribution in [0.4, 0.5) is 0 Å². The third-order valence-corrected chi connectivity index (χ3v) is 62.7. The first-order chi connectivity index (χ1) is 64.6. The van der Waals surface area contributed by atoms with E-state index in [9.17, 15) is 5.11 Å². The van der Waals surface area contributed by atoms with E-state index in [2.05, 4.69) is 516 Å². The summed E-state index contributed by atoms with van der Waals surface area (Å²) in [6.07, 6.45) is 11.9. The van der Waals surface area contributed by atoms with Gasteiger partial charge in [-0.3, -0.25) is 9.36 Å². The van der Waals surface area contributed by atoms with Crippen LogP contribution in [0.5, 0.6) is 11.5 Å². The van der Waals surface area contributed by atoms with Crippen LogP contribution in [0.25, 0.3) is 44.1 Å². The number of aromatic hydroxyl groups is 1. The monoisotopic (exact) mass is 1850 g/mol. The van der Waals surface area contributed by atoms with E-state index in [-0.39, 0.29) is 40.5 Å². The number of benzene rings is 3. The van der Waals surface area contributed by atoms with Crippen molar-refractivity contribution in [2.45, 2.75) is 41.2 Å². The van der Waals surface area contributed by atoms with Crippen molar-refractivity contribution in [1.82, 2.24) is 39.5 Å². The lowest BCUT2D eigenvalue weighted by Crippen LogP contribution is -2.03. The van der Waals surface area contributed by atoms with Gasteiger partial charge in [-0.05, 0) is 187 Å². The molecule has 3 aromatic carbocycles. The van der Waals surface area contributed by atoms with Crippen molar-refractivity contribution >= 4 is 103 Å². The molecule has 7 rings (SSSR count). The fraction of sp³-hybridized carbons (Fsp3) is 0.0811. The molecule has 0 aliphatic carbocycles. The predicted octanol–water partition coefficient (Wildman–Crippen LogP) is 12.7. The summed E-state index contributed by atoms with van der Waals surface area (Å²) in [6.45, 7) is 10.9. The van der Waals surface area contributed by atoms with E-state index >= 15 is 0 Å². The number of nitrogens with zero attached hydrogens (tertiary/aromatic N) is 8. The maximum atomic E-state index is 9.91. The van der Waals surface area contributed by atoms with E-state index < -0.39 is 0 Å². The third-order valence-electron chi connectivity index (χ3n) is 13.1. The molecule has 0 amide bonds. The Hall–Kier alpha value is -17.7. The number of fused-ring (bicyclic) bond motifs is 2. The Labute approximate surface area is 793 Å². The Morgan fingerprint density at radius 1 is 0.318 bits per heavy atom. The van der Waals surface area contributed by atoms with Crippen molar-refractivity contribution < 1.29 is 14.6 Å². The summed E-state index contributed by atoms with van der Waals surface area (Å²) in [5.41, 5.74) is 10.4. The number of ether oxygens (including phenoxy) is 2. The number of aromatic nitrogens is 8. The Balaban J connectivity index is 0.000000501. The number of terminal acetylenes is 1. The summed E-state index contributed by atoms with van der Waals surface area (Å²) < 4.78 is 15.1. The van der Waals surface area contributed by atoms with Crippen LogP contribution in [0.2, 0.25) is 0 Å². The van der Waals surface area contributed by atoms with Crippen LogP contribution in [-0.4, -0.2) is 51.4 Å². The first-order valence-electron chi connectivity index (χ1n) is 36.1. The Morgan fingerprint density at radius 2 is 0.553 bits per heavy atom. The molecule has 11 nitrogen and oxygen atoms in total. The van der Waals surface area contributed by atoms with Crippen molar-refractivity contribution in [2.75, 3.05) is 6.79 Å². The zero-order valence-electron chi connectivity index (χ0n) is 70.6. The number of hydrogen-bond donors (Lipinski definition) is 1. The van der Waals surface area contributed by atoms with Gasteiger partial charge in [0, 0.05) is 403 Å². The third kappa shape index (κ3) is 49.7. The zero-order valence-corrected chi connectivity index (χ0v) is 81.1. The van der Waals surface area contributed by atoms with Crippen LogP contribution in [0.1, 0.15) is 35.3 Å². The Bertz CT molecular complexity index is 8320. The molecule has 0 bridgehead atoms. The van der Waals surface area contributed by atoms with Gasteiger partial charge in [-0.1, -0.05) is 36.3 Å². The number of hydrogen-bond acceptors (Lipinski definition) is 9. The van der Waals surface area contributed by atoms with Crippen molar-refractivity contribution in [3.05, 3.63) is 108 Å². The molecule has 0 aliphatic heterocycles. The highest BCUT2D eigenvalue weighted by atomic mass is 33.2. The molecule has 7 aromatic rings. The molecule has 1 N–H and O–H groups in total. The first-order valence-corrected chi connectivity index (χ1v) is 53.3. The molecular formula is C111H52N8O3P10. The van der Waals surface area contributed by atoms with Gasteiger partial charge in [0.2, 0.25) is 0 Å². The quantitative estimate of drug-likeness (QED) is 0.0616. The lowest BCUT2D eigenvalue weighted by Gasteiger charge is -2.27. The second kappa shape index (κ2) is 71.6. The van der Waals surface area contributed by atoms with E-state index in [1.165, 1.54) is 0 Å². The van der Waals surface area contributed by atoms with Crippen LogP contribution >= 0.6 is 81.5 Å². The van der Waals surface area contributed by atoms with Gasteiger partial charge in [0.15, 0.2) is 6.79 Å². The lowest BCUT2D eigenvalue weighted by molar-refractivity contribution is 0.00589. The van der Waals surface area contributed by atoms with Gasteiger partial charge in [-0.25, -0.2) is 19.9 Å². The molecular weight excluding hydrogens is 1800 g/mol. The van der Waals surface area contributed by atoms with Gasteiger partial charge in [0.05, 0.1) is 17.4 Å². The average molecular weight is 1860 g/mol. The molecule has 604 valence electrons. The summed E-state index contributed by atoms with van der Waals surface area (Å²) in [5.74, 6) is 183. The summed E-state index contributed by atoms with van der Waals surface area (Å²) in [6, 6.07) is 17.6. The topological polar surface area (TPSA) is 126 Å². The molecule has 6 unspecified atom stereocenters. The van der Waals surface area contributed by atoms with Crippen molar-refractivity contribution in [3.8, 4) is 472 Å². The molecule has 0 aliphatic rings. The normalized spacial score (nSPS) is 7.15. The summed E-state index contributed by atoms with van der Waals surface area (Å²) in [4.78, 5) is 17.2. The molecule has 0 fully saturated rings. The van der Waals surface area contributed by atoms with E-state index in [1.807, 2.05) is 103 Å². The molecule has 4 aromatic heterocycles. The van der Waals surface area contributed by atoms with Gasteiger partial charge >= 0.3 is 0 Å². The Kier molecular flexibility index (Phi) is 57.9. The number of rotatable bonds is 10. The minimum absolute atomic E-state index is 0.130. The van der Waals surface area contributed by atoms with Crippen LogP contribution in [-0.2, 0) is 25.4 Å². The molecule has 0 saturated carbocycles. The van der Waals surface area contributed by atoms with Crippen molar-refractivity contribution in [2.24, 2.45) is 14.1 Å². The standard InChI is InChI=1S/C75H4.C22H22N4O2.C14H14N4O.H12P10/c1-3-5-7-9-11-13-15-17-19-21-23-25-27-29-31-33-35-37-39-41-43-45-47-49-51-53-55-57-59-61-63-65-67-69-71-73-75-74-72-70-68-66-64-62-60-58-56-54-52-50-48-46-44-42-40-38-36-34-32-30-28-26-24-22-20-18-16-14-12-10-8-6-4-2;1-15-21(16(2)24-13-23-15)18-9-10-20(19-11-26(3)25-22(18)19)28-14-27-12-17-7-5-4-6-8-17;1-8-13(9(2)16-7-15-8)10-4-5-12(19)11-6-18(3)17-14(10)11;1-7(2)10(8(3)4)9(5)6/h1H,2H3;4-11,13H,12,14H2,1-3H3;4-7,19H,1-3H3;1-6H2. The maximum Gasteiger partial charge on any atom is 0.189 e. The maximum absolute atomic E-state index is 9.91. The van der Waals surface area contributed by atoms with Crippen LogP contribution in [0.15, 0.2) is 79.6 Å². The van der Waals surface area contributed by atoms with Crippen molar-refractivity contribution in [3.63, 3.8) is 0 Å². The minimum atomic E-state index is 0.130. The number of phenols is 1. The second-order valence-corrected chi connectivity index (χ2v) is 58.6. The SMILES string of the molecule is C#CC#CC#CC#CC#CC#CC#CC#CC#CC#CC#CC#CC#CC#CC#CC#CC#CC#CC#CC#CC#CC#CC#CC#CC#CC#CC#CC#CC#CC#CC#CC#CC#CC#CC#CC#CC#CC.Cc1ncnc(C)c1-c1ccc(O)c2cn(C)nc12.Cc1ncnc(C)c1-c1ccc(OCOCc2ccccc2)c2cn(C)nc12.PP(P)P(P(P)P)P(P)P. The summed E-state index contributed by atoms with van der Waals surface area (Å²) >= 11 is 0. The summed E-state index contributed by atoms with van der Waals surface area (Å²) in [7, 11) is 21.4. The van der Waals surface area contributed by atoms with Crippen LogP contribution in [0.3, 0.4) is 0 Å². The van der Waals surface area contributed by atoms with Gasteiger partial charge in [0.1, 0.15) is 35.2 Å². The van der Waals surface area contributed by atoms with E-state index in [0.29, 0.717) is 6.61 Å². The van der Waals surface area contributed by atoms with E-state index in [0.717, 1.165) is 78.1 Å². The number of phenolic OH excluding ortho intramolecular Hbond substituents is 1. The average Bonchev–Trinajstić information content (AvgIpc) is 1.60. The fourth-order valence-corrected chi connectivity index (χ4v) is 94.9. The largest absolute Gasteiger partial charge is 0.507 e. The highest BCUT2D eigenvalue weighted by molar-refractivity contribution is 9.16.